The molecule has 0 saturated carbocycles. The Labute approximate surface area is 118 Å². The molecule has 0 spiro atoms. The second-order valence-electron chi connectivity index (χ2n) is 4.01. The fraction of sp³-hybridized carbons (Fsp3) is 0.0769. The number of nitrogen functional groups attached to an aromatic ring is 1. The van der Waals surface area contributed by atoms with E-state index in [0.717, 1.165) is 11.3 Å². The lowest BCUT2D eigenvalue weighted by atomic mass is 10.1. The number of anilines is 1. The first kappa shape index (κ1) is 13.9. The summed E-state index contributed by atoms with van der Waals surface area (Å²) in [6, 6.07) is 5.94. The summed E-state index contributed by atoms with van der Waals surface area (Å²) in [5.74, 6) is -0.185. The lowest BCUT2D eigenvalue weighted by molar-refractivity contribution is -0.384. The Morgan fingerprint density at radius 2 is 2.05 bits per heavy atom. The number of allylic oxidation sites excluding steroid dienone is 1. The van der Waals surface area contributed by atoms with E-state index in [1.54, 1.807) is 25.1 Å². The summed E-state index contributed by atoms with van der Waals surface area (Å²) in [6.45, 7) is 1.72. The van der Waals surface area contributed by atoms with Crippen LogP contribution >= 0.6 is 11.3 Å². The molecule has 7 heteroatoms. The molecule has 0 amide bonds. The Hall–Kier alpha value is -2.54. The topological polar surface area (TPSA) is 99.1 Å². The summed E-state index contributed by atoms with van der Waals surface area (Å²) in [4.78, 5) is 26.5. The fourth-order valence-electron chi connectivity index (χ4n) is 1.60. The lowest BCUT2D eigenvalue weighted by Gasteiger charge is -1.94. The highest BCUT2D eigenvalue weighted by atomic mass is 32.1. The van der Waals surface area contributed by atoms with Gasteiger partial charge in [0.05, 0.1) is 15.5 Å². The van der Waals surface area contributed by atoms with Crippen LogP contribution in [0, 0.1) is 17.0 Å². The monoisotopic (exact) mass is 289 g/mol. The number of aromatic nitrogens is 1. The Kier molecular flexibility index (Phi) is 3.90. The number of carbonyl (C=O) groups is 1. The summed E-state index contributed by atoms with van der Waals surface area (Å²) < 4.78 is 0. The normalized spacial score (nSPS) is 10.8. The van der Waals surface area contributed by atoms with Crippen molar-refractivity contribution in [2.45, 2.75) is 6.92 Å². The molecule has 0 unspecified atom stereocenters. The highest BCUT2D eigenvalue weighted by Crippen LogP contribution is 2.21. The first-order valence-corrected chi connectivity index (χ1v) is 6.49. The predicted octanol–water partition coefficient (Wildman–Crippen LogP) is 2.84. The second-order valence-corrected chi connectivity index (χ2v) is 5.04. The molecule has 2 rings (SSSR count). The van der Waals surface area contributed by atoms with Crippen molar-refractivity contribution in [1.82, 2.24) is 4.98 Å². The van der Waals surface area contributed by atoms with Crippen molar-refractivity contribution >= 4 is 34.0 Å². The average molecular weight is 289 g/mol. The van der Waals surface area contributed by atoms with Crippen LogP contribution in [-0.2, 0) is 0 Å². The number of nitrogens with two attached hydrogens (primary N) is 1. The number of ketones is 1. The summed E-state index contributed by atoms with van der Waals surface area (Å²) in [5, 5.41) is 10.9. The van der Waals surface area contributed by atoms with Crippen LogP contribution < -0.4 is 5.73 Å². The Morgan fingerprint density at radius 1 is 1.40 bits per heavy atom. The van der Waals surface area contributed by atoms with Crippen LogP contribution in [0.2, 0.25) is 0 Å². The molecule has 0 atom stereocenters. The molecule has 2 aromatic rings. The zero-order chi connectivity index (χ0) is 14.7. The number of benzene rings is 1. The van der Waals surface area contributed by atoms with Gasteiger partial charge >= 0.3 is 0 Å². The minimum atomic E-state index is -0.470. The van der Waals surface area contributed by atoms with Gasteiger partial charge in [-0.3, -0.25) is 14.9 Å². The molecule has 1 aromatic carbocycles. The van der Waals surface area contributed by atoms with E-state index in [1.807, 2.05) is 0 Å². The first-order chi connectivity index (χ1) is 9.47. The third kappa shape index (κ3) is 3.07. The fourth-order valence-corrected chi connectivity index (χ4v) is 2.35. The molecule has 0 radical (unpaired) electrons. The number of nitro benzene ring substituents is 1. The SMILES string of the molecule is Cc1nc(N)sc1C(=O)/C=C\c1ccc([N+](=O)[O-])cc1. The van der Waals surface area contributed by atoms with E-state index in [2.05, 4.69) is 4.98 Å². The number of thiazole rings is 1. The van der Waals surface area contributed by atoms with E-state index in [9.17, 15) is 14.9 Å². The van der Waals surface area contributed by atoms with E-state index >= 15 is 0 Å². The molecule has 1 aromatic heterocycles. The number of aryl methyl sites for hydroxylation is 1. The van der Waals surface area contributed by atoms with Crippen LogP contribution in [0.25, 0.3) is 6.08 Å². The van der Waals surface area contributed by atoms with E-state index in [1.165, 1.54) is 18.2 Å². The number of nitro groups is 1. The average Bonchev–Trinajstić information content (AvgIpc) is 2.75. The molecule has 0 fully saturated rings. The largest absolute Gasteiger partial charge is 0.375 e. The van der Waals surface area contributed by atoms with Gasteiger partial charge in [-0.1, -0.05) is 17.4 Å². The summed E-state index contributed by atoms with van der Waals surface area (Å²) in [6.07, 6.45) is 3.00. The maximum Gasteiger partial charge on any atom is 0.269 e. The maximum atomic E-state index is 11.9. The minimum absolute atomic E-state index is 0.0135. The van der Waals surface area contributed by atoms with Gasteiger partial charge in [-0.2, -0.15) is 0 Å². The Morgan fingerprint density at radius 3 is 2.55 bits per heavy atom. The number of hydrogen-bond acceptors (Lipinski definition) is 6. The predicted molar refractivity (Wildman–Crippen MR) is 77.7 cm³/mol. The quantitative estimate of drug-likeness (QED) is 0.404. The van der Waals surface area contributed by atoms with Gasteiger partial charge in [0, 0.05) is 12.1 Å². The third-order valence-electron chi connectivity index (χ3n) is 2.57. The van der Waals surface area contributed by atoms with Gasteiger partial charge in [0.1, 0.15) is 0 Å². The number of rotatable bonds is 4. The van der Waals surface area contributed by atoms with Gasteiger partial charge in [0.2, 0.25) is 0 Å². The molecule has 1 heterocycles. The first-order valence-electron chi connectivity index (χ1n) is 5.67. The minimum Gasteiger partial charge on any atom is -0.375 e. The molecule has 20 heavy (non-hydrogen) atoms. The molecule has 102 valence electrons. The van der Waals surface area contributed by atoms with Crippen LogP contribution in [0.1, 0.15) is 20.9 Å². The van der Waals surface area contributed by atoms with Gasteiger partial charge < -0.3 is 5.73 Å². The molecule has 0 saturated heterocycles. The molecule has 0 aliphatic carbocycles. The number of carbonyl (C=O) groups excluding carboxylic acids is 1. The number of hydrogen-bond donors (Lipinski definition) is 1. The van der Waals surface area contributed by atoms with Gasteiger partial charge in [0.25, 0.3) is 5.69 Å². The Balaban J connectivity index is 2.15. The molecular weight excluding hydrogens is 278 g/mol. The Bertz CT molecular complexity index is 689. The van der Waals surface area contributed by atoms with Gasteiger partial charge in [0.15, 0.2) is 10.9 Å². The highest BCUT2D eigenvalue weighted by molar-refractivity contribution is 7.17. The molecule has 0 aliphatic heterocycles. The van der Waals surface area contributed by atoms with Crippen LogP contribution in [0.3, 0.4) is 0 Å². The van der Waals surface area contributed by atoms with Crippen LogP contribution in [0.4, 0.5) is 10.8 Å². The second kappa shape index (κ2) is 5.62. The summed E-state index contributed by atoms with van der Waals surface area (Å²) >= 11 is 1.14. The van der Waals surface area contributed by atoms with Crippen molar-refractivity contribution in [1.29, 1.82) is 0 Å². The van der Waals surface area contributed by atoms with Crippen LogP contribution in [0.15, 0.2) is 30.3 Å². The highest BCUT2D eigenvalue weighted by Gasteiger charge is 2.11. The number of non-ortho nitro benzene ring substituents is 1. The van der Waals surface area contributed by atoms with Crippen molar-refractivity contribution in [3.05, 3.63) is 56.6 Å². The van der Waals surface area contributed by atoms with E-state index < -0.39 is 4.92 Å². The summed E-state index contributed by atoms with van der Waals surface area (Å²) in [7, 11) is 0. The third-order valence-corrected chi connectivity index (χ3v) is 3.57. The van der Waals surface area contributed by atoms with E-state index in [-0.39, 0.29) is 11.5 Å². The standard InChI is InChI=1S/C13H11N3O3S/c1-8-12(20-13(14)15-8)11(17)7-4-9-2-5-10(6-3-9)16(18)19/h2-7H,1H3,(H2,14,15)/b7-4-. The molecule has 2 N–H and O–H groups in total. The van der Waals surface area contributed by atoms with Crippen molar-refractivity contribution in [3.8, 4) is 0 Å². The van der Waals surface area contributed by atoms with E-state index in [4.69, 9.17) is 5.73 Å². The van der Waals surface area contributed by atoms with Crippen molar-refractivity contribution in [2.24, 2.45) is 0 Å². The van der Waals surface area contributed by atoms with Crippen molar-refractivity contribution in [2.75, 3.05) is 5.73 Å². The van der Waals surface area contributed by atoms with Crippen molar-refractivity contribution in [3.63, 3.8) is 0 Å². The van der Waals surface area contributed by atoms with Gasteiger partial charge in [-0.25, -0.2) is 4.98 Å². The molecular formula is C13H11N3O3S. The van der Waals surface area contributed by atoms with Crippen LogP contribution in [-0.4, -0.2) is 15.7 Å². The lowest BCUT2D eigenvalue weighted by Crippen LogP contribution is -1.93. The van der Waals surface area contributed by atoms with Gasteiger partial charge in [-0.05, 0) is 30.7 Å². The number of nitrogens with zero attached hydrogens (tertiary/aromatic N) is 2. The summed E-state index contributed by atoms with van der Waals surface area (Å²) in [5.41, 5.74) is 6.86. The van der Waals surface area contributed by atoms with Crippen LogP contribution in [0.5, 0.6) is 0 Å². The van der Waals surface area contributed by atoms with Crippen molar-refractivity contribution < 1.29 is 9.72 Å². The molecule has 0 aliphatic rings. The maximum absolute atomic E-state index is 11.9. The smallest absolute Gasteiger partial charge is 0.269 e. The zero-order valence-electron chi connectivity index (χ0n) is 10.6. The molecule has 6 nitrogen and oxygen atoms in total. The van der Waals surface area contributed by atoms with E-state index in [0.29, 0.717) is 21.3 Å². The molecule has 0 bridgehead atoms. The van der Waals surface area contributed by atoms with Gasteiger partial charge in [-0.15, -0.1) is 0 Å². The zero-order valence-corrected chi connectivity index (χ0v) is 11.4.